The highest BCUT2D eigenvalue weighted by atomic mass is 35.5. The number of rotatable bonds is 4. The summed E-state index contributed by atoms with van der Waals surface area (Å²) in [5.74, 6) is 0. The van der Waals surface area contributed by atoms with Gasteiger partial charge in [0.1, 0.15) is 0 Å². The smallest absolute Gasteiger partial charge is 0.318 e. The number of urea groups is 1. The van der Waals surface area contributed by atoms with E-state index in [1.54, 1.807) is 4.90 Å². The molecule has 1 atom stereocenters. The maximum atomic E-state index is 12.3. The molecule has 0 spiro atoms. The van der Waals surface area contributed by atoms with Crippen LogP contribution in [0.2, 0.25) is 5.02 Å². The van der Waals surface area contributed by atoms with Gasteiger partial charge in [0.2, 0.25) is 0 Å². The summed E-state index contributed by atoms with van der Waals surface area (Å²) in [6.45, 7) is 0.428. The van der Waals surface area contributed by atoms with Crippen LogP contribution in [0.4, 0.5) is 4.79 Å². The van der Waals surface area contributed by atoms with Gasteiger partial charge in [-0.2, -0.15) is 0 Å². The molecule has 1 saturated carbocycles. The van der Waals surface area contributed by atoms with Crippen LogP contribution < -0.4 is 5.32 Å². The van der Waals surface area contributed by atoms with Crippen molar-refractivity contribution in [3.8, 4) is 0 Å². The van der Waals surface area contributed by atoms with Crippen molar-refractivity contribution in [2.75, 3.05) is 13.2 Å². The Labute approximate surface area is 123 Å². The van der Waals surface area contributed by atoms with Crippen molar-refractivity contribution >= 4 is 17.6 Å². The standard InChI is InChI=1S/C15H19ClN2O2/c16-11-2-5-13-10(9-11)1-6-14(13)17-15(20)18(7-8-19)12-3-4-12/h2,5,9,12,14,19H,1,3-4,6-8H2,(H,17,20)/t14-/m0/s1. The molecule has 2 aliphatic carbocycles. The zero-order valence-corrected chi connectivity index (χ0v) is 12.1. The van der Waals surface area contributed by atoms with Crippen molar-refractivity contribution < 1.29 is 9.90 Å². The number of benzene rings is 1. The fraction of sp³-hybridized carbons (Fsp3) is 0.533. The molecule has 4 nitrogen and oxygen atoms in total. The van der Waals surface area contributed by atoms with Crippen LogP contribution in [0.5, 0.6) is 0 Å². The summed E-state index contributed by atoms with van der Waals surface area (Å²) in [5.41, 5.74) is 2.39. The molecule has 0 aromatic heterocycles. The number of hydrogen-bond acceptors (Lipinski definition) is 2. The molecule has 3 rings (SSSR count). The van der Waals surface area contributed by atoms with E-state index in [0.29, 0.717) is 12.6 Å². The Morgan fingerprint density at radius 3 is 2.90 bits per heavy atom. The second-order valence-corrected chi connectivity index (χ2v) is 5.97. The number of nitrogens with zero attached hydrogens (tertiary/aromatic N) is 1. The van der Waals surface area contributed by atoms with Crippen molar-refractivity contribution in [1.29, 1.82) is 0 Å². The van der Waals surface area contributed by atoms with Gasteiger partial charge in [-0.15, -0.1) is 0 Å². The highest BCUT2D eigenvalue weighted by molar-refractivity contribution is 6.30. The summed E-state index contributed by atoms with van der Waals surface area (Å²) in [5, 5.41) is 12.9. The minimum Gasteiger partial charge on any atom is -0.395 e. The zero-order valence-electron chi connectivity index (χ0n) is 11.3. The van der Waals surface area contributed by atoms with E-state index in [-0.39, 0.29) is 18.7 Å². The molecule has 2 amide bonds. The Morgan fingerprint density at radius 1 is 1.40 bits per heavy atom. The van der Waals surface area contributed by atoms with Gasteiger partial charge in [-0.1, -0.05) is 17.7 Å². The summed E-state index contributed by atoms with van der Waals surface area (Å²) < 4.78 is 0. The van der Waals surface area contributed by atoms with Crippen molar-refractivity contribution in [3.63, 3.8) is 0 Å². The molecule has 0 bridgehead atoms. The molecule has 0 saturated heterocycles. The van der Waals surface area contributed by atoms with E-state index in [2.05, 4.69) is 5.32 Å². The van der Waals surface area contributed by atoms with Crippen LogP contribution in [0.3, 0.4) is 0 Å². The third-order valence-electron chi connectivity index (χ3n) is 4.07. The van der Waals surface area contributed by atoms with E-state index >= 15 is 0 Å². The molecular weight excluding hydrogens is 276 g/mol. The fourth-order valence-corrected chi connectivity index (χ4v) is 3.11. The van der Waals surface area contributed by atoms with Crippen LogP contribution in [0, 0.1) is 0 Å². The molecule has 1 fully saturated rings. The predicted octanol–water partition coefficient (Wildman–Crippen LogP) is 2.49. The normalized spacial score (nSPS) is 20.6. The number of carbonyl (C=O) groups is 1. The summed E-state index contributed by atoms with van der Waals surface area (Å²) in [4.78, 5) is 14.1. The molecule has 0 aliphatic heterocycles. The maximum absolute atomic E-state index is 12.3. The summed E-state index contributed by atoms with van der Waals surface area (Å²) in [7, 11) is 0. The van der Waals surface area contributed by atoms with Crippen LogP contribution in [0.25, 0.3) is 0 Å². The molecule has 0 radical (unpaired) electrons. The third-order valence-corrected chi connectivity index (χ3v) is 4.31. The fourth-order valence-electron chi connectivity index (χ4n) is 2.91. The number of nitrogens with one attached hydrogen (secondary N) is 1. The number of aliphatic hydroxyl groups excluding tert-OH is 1. The van der Waals surface area contributed by atoms with E-state index in [4.69, 9.17) is 16.7 Å². The first-order chi connectivity index (χ1) is 9.69. The summed E-state index contributed by atoms with van der Waals surface area (Å²) in [6.07, 6.45) is 3.96. The first kappa shape index (κ1) is 13.7. The lowest BCUT2D eigenvalue weighted by molar-refractivity contribution is 0.170. The molecule has 1 aromatic carbocycles. The molecule has 2 aliphatic rings. The quantitative estimate of drug-likeness (QED) is 0.896. The SMILES string of the molecule is O=C(N[C@H]1CCc2cc(Cl)ccc21)N(CCO)C1CC1. The zero-order chi connectivity index (χ0) is 14.1. The number of halogens is 1. The molecule has 5 heteroatoms. The number of carbonyl (C=O) groups excluding carboxylic acids is 1. The summed E-state index contributed by atoms with van der Waals surface area (Å²) >= 11 is 5.99. The summed E-state index contributed by atoms with van der Waals surface area (Å²) in [6, 6.07) is 6.17. The van der Waals surface area contributed by atoms with Gasteiger partial charge in [-0.25, -0.2) is 4.79 Å². The molecule has 0 unspecified atom stereocenters. The molecule has 2 N–H and O–H groups in total. The average molecular weight is 295 g/mol. The first-order valence-corrected chi connectivity index (χ1v) is 7.53. The van der Waals surface area contributed by atoms with Crippen molar-refractivity contribution in [2.24, 2.45) is 0 Å². The Hall–Kier alpha value is -1.26. The van der Waals surface area contributed by atoms with Crippen molar-refractivity contribution in [3.05, 3.63) is 34.3 Å². The largest absolute Gasteiger partial charge is 0.395 e. The van der Waals surface area contributed by atoms with Crippen LogP contribution in [-0.4, -0.2) is 35.2 Å². The van der Waals surface area contributed by atoms with Gasteiger partial charge in [0.25, 0.3) is 0 Å². The molecule has 1 aromatic rings. The Morgan fingerprint density at radius 2 is 2.20 bits per heavy atom. The highest BCUT2D eigenvalue weighted by Crippen LogP contribution is 2.33. The van der Waals surface area contributed by atoms with Gasteiger partial charge in [0.15, 0.2) is 0 Å². The number of aryl methyl sites for hydroxylation is 1. The molecule has 0 heterocycles. The van der Waals surface area contributed by atoms with Crippen LogP contribution in [0.1, 0.15) is 36.4 Å². The lowest BCUT2D eigenvalue weighted by Gasteiger charge is -2.24. The minimum absolute atomic E-state index is 0.0147. The Kier molecular flexibility index (Phi) is 3.85. The van der Waals surface area contributed by atoms with Crippen LogP contribution in [0.15, 0.2) is 18.2 Å². The lowest BCUT2D eigenvalue weighted by atomic mass is 10.1. The Balaban J connectivity index is 1.68. The van der Waals surface area contributed by atoms with Gasteiger partial charge in [-0.3, -0.25) is 0 Å². The monoisotopic (exact) mass is 294 g/mol. The van der Waals surface area contributed by atoms with Gasteiger partial charge >= 0.3 is 6.03 Å². The number of hydrogen-bond donors (Lipinski definition) is 2. The van der Waals surface area contributed by atoms with Gasteiger partial charge < -0.3 is 15.3 Å². The first-order valence-electron chi connectivity index (χ1n) is 7.15. The number of aliphatic hydroxyl groups is 1. The van der Waals surface area contributed by atoms with Gasteiger partial charge in [0, 0.05) is 17.6 Å². The minimum atomic E-state index is -0.0608. The lowest BCUT2D eigenvalue weighted by Crippen LogP contribution is -2.43. The highest BCUT2D eigenvalue weighted by Gasteiger charge is 2.34. The van der Waals surface area contributed by atoms with Crippen LogP contribution >= 0.6 is 11.6 Å². The molecule has 108 valence electrons. The van der Waals surface area contributed by atoms with E-state index in [9.17, 15) is 4.79 Å². The molecular formula is C15H19ClN2O2. The topological polar surface area (TPSA) is 52.6 Å². The predicted molar refractivity (Wildman–Crippen MR) is 77.9 cm³/mol. The number of amides is 2. The average Bonchev–Trinajstić information content (AvgIpc) is 3.19. The maximum Gasteiger partial charge on any atom is 0.318 e. The van der Waals surface area contributed by atoms with Gasteiger partial charge in [-0.05, 0) is 48.9 Å². The number of fused-ring (bicyclic) bond motifs is 1. The van der Waals surface area contributed by atoms with Gasteiger partial charge in [0.05, 0.1) is 12.6 Å². The van der Waals surface area contributed by atoms with E-state index in [0.717, 1.165) is 30.7 Å². The van der Waals surface area contributed by atoms with E-state index in [1.165, 1.54) is 11.1 Å². The van der Waals surface area contributed by atoms with E-state index < -0.39 is 0 Å². The second kappa shape index (κ2) is 5.62. The Bertz CT molecular complexity index is 517. The van der Waals surface area contributed by atoms with Crippen LogP contribution in [-0.2, 0) is 6.42 Å². The second-order valence-electron chi connectivity index (χ2n) is 5.53. The van der Waals surface area contributed by atoms with E-state index in [1.807, 2.05) is 18.2 Å². The van der Waals surface area contributed by atoms with Crippen molar-refractivity contribution in [2.45, 2.75) is 37.8 Å². The third kappa shape index (κ3) is 2.76. The van der Waals surface area contributed by atoms with Crippen molar-refractivity contribution in [1.82, 2.24) is 10.2 Å². The molecule has 20 heavy (non-hydrogen) atoms.